The van der Waals surface area contributed by atoms with Gasteiger partial charge in [-0.2, -0.15) is 0 Å². The minimum Gasteiger partial charge on any atom is -0.393 e. The summed E-state index contributed by atoms with van der Waals surface area (Å²) in [6, 6.07) is 0. The molecule has 4 atom stereocenters. The molecule has 0 heterocycles. The van der Waals surface area contributed by atoms with Crippen molar-refractivity contribution in [2.75, 3.05) is 0 Å². The Balaban J connectivity index is 2.38. The van der Waals surface area contributed by atoms with Crippen LogP contribution in [0, 0.1) is 22.2 Å². The van der Waals surface area contributed by atoms with Crippen LogP contribution in [0.15, 0.2) is 0 Å². The summed E-state index contributed by atoms with van der Waals surface area (Å²) in [5, 5.41) is 9.94. The third-order valence-electron chi connectivity index (χ3n) is 5.94. The molecule has 1 N–H and O–H groups in total. The Hall–Kier alpha value is -0.0400. The summed E-state index contributed by atoms with van der Waals surface area (Å²) >= 11 is 0. The van der Waals surface area contributed by atoms with Crippen molar-refractivity contribution in [1.29, 1.82) is 0 Å². The van der Waals surface area contributed by atoms with Gasteiger partial charge in [0.25, 0.3) is 0 Å². The summed E-state index contributed by atoms with van der Waals surface area (Å²) in [5.74, 6) is 0.462. The molecule has 0 aromatic heterocycles. The number of aliphatic hydroxyl groups excluding tert-OH is 1. The molecule has 1 nitrogen and oxygen atoms in total. The fourth-order valence-corrected chi connectivity index (χ4v) is 3.96. The van der Waals surface area contributed by atoms with Gasteiger partial charge >= 0.3 is 0 Å². The summed E-state index contributed by atoms with van der Waals surface area (Å²) < 4.78 is 0. The van der Waals surface area contributed by atoms with Crippen LogP contribution in [0.25, 0.3) is 0 Å². The van der Waals surface area contributed by atoms with Crippen LogP contribution in [-0.2, 0) is 0 Å². The van der Waals surface area contributed by atoms with E-state index in [1.165, 1.54) is 6.42 Å². The zero-order valence-corrected chi connectivity index (χ0v) is 9.52. The molecule has 3 rings (SSSR count). The molecule has 0 aromatic rings. The van der Waals surface area contributed by atoms with E-state index in [2.05, 4.69) is 34.6 Å². The van der Waals surface area contributed by atoms with Crippen LogP contribution < -0.4 is 0 Å². The van der Waals surface area contributed by atoms with Crippen molar-refractivity contribution in [2.24, 2.45) is 22.2 Å². The maximum absolute atomic E-state index is 9.94. The zero-order valence-electron chi connectivity index (χ0n) is 9.52. The Kier molecular flexibility index (Phi) is 1.56. The molecule has 3 aliphatic rings. The lowest BCUT2D eigenvalue weighted by Gasteiger charge is -2.74. The van der Waals surface area contributed by atoms with Crippen molar-refractivity contribution in [3.63, 3.8) is 0 Å². The van der Waals surface area contributed by atoms with Gasteiger partial charge < -0.3 is 5.11 Å². The predicted molar refractivity (Wildman–Crippen MR) is 54.4 cm³/mol. The fourth-order valence-electron chi connectivity index (χ4n) is 3.96. The summed E-state index contributed by atoms with van der Waals surface area (Å²) in [6.07, 6.45) is 2.22. The maximum Gasteiger partial charge on any atom is 0.0576 e. The van der Waals surface area contributed by atoms with E-state index in [1.54, 1.807) is 0 Å². The largest absolute Gasteiger partial charge is 0.393 e. The smallest absolute Gasteiger partial charge is 0.0576 e. The number of aliphatic hydroxyl groups is 1. The average molecular weight is 182 g/mol. The lowest BCUT2D eigenvalue weighted by molar-refractivity contribution is -0.276. The average Bonchev–Trinajstić information content (AvgIpc) is 1.99. The minimum atomic E-state index is -0.0724. The molecular weight excluding hydrogens is 160 g/mol. The molecule has 4 unspecified atom stereocenters. The van der Waals surface area contributed by atoms with Gasteiger partial charge in [-0.15, -0.1) is 0 Å². The van der Waals surface area contributed by atoms with Crippen LogP contribution in [0.3, 0.4) is 0 Å². The lowest BCUT2D eigenvalue weighted by Crippen LogP contribution is -2.69. The monoisotopic (exact) mass is 182 g/mol. The minimum absolute atomic E-state index is 0.0724. The summed E-state index contributed by atoms with van der Waals surface area (Å²) in [5.41, 5.74) is 1.14. The first kappa shape index (κ1) is 9.51. The normalized spacial score (nSPS) is 58.6. The third kappa shape index (κ3) is 0.782. The van der Waals surface area contributed by atoms with Crippen molar-refractivity contribution in [3.8, 4) is 0 Å². The van der Waals surface area contributed by atoms with Gasteiger partial charge in [0.2, 0.25) is 0 Å². The Morgan fingerprint density at radius 2 is 1.69 bits per heavy atom. The van der Waals surface area contributed by atoms with E-state index in [-0.39, 0.29) is 6.10 Å². The standard InChI is InChI=1S/C12H22O/c1-8-9(13)6-11(4)7-12(8,5)10(11,2)3/h8-9,13H,6-7H2,1-5H3. The van der Waals surface area contributed by atoms with Crippen LogP contribution in [-0.4, -0.2) is 11.2 Å². The first-order chi connectivity index (χ1) is 5.75. The molecule has 3 saturated carbocycles. The van der Waals surface area contributed by atoms with E-state index in [9.17, 15) is 5.11 Å². The number of rotatable bonds is 0. The SMILES string of the molecule is CC1C(O)CC2(C)CC1(C)C2(C)C. The first-order valence-corrected chi connectivity index (χ1v) is 5.43. The highest BCUT2D eigenvalue weighted by Crippen LogP contribution is 2.75. The van der Waals surface area contributed by atoms with Crippen molar-refractivity contribution in [2.45, 2.75) is 53.6 Å². The molecule has 0 radical (unpaired) electrons. The van der Waals surface area contributed by atoms with Crippen LogP contribution in [0.2, 0.25) is 0 Å². The van der Waals surface area contributed by atoms with Crippen molar-refractivity contribution < 1.29 is 5.11 Å². The molecule has 0 amide bonds. The van der Waals surface area contributed by atoms with Crippen molar-refractivity contribution in [3.05, 3.63) is 0 Å². The highest BCUT2D eigenvalue weighted by Gasteiger charge is 2.70. The Labute approximate surface area is 81.5 Å². The molecule has 3 aliphatic carbocycles. The molecule has 0 saturated heterocycles. The van der Waals surface area contributed by atoms with E-state index in [0.717, 1.165) is 6.42 Å². The first-order valence-electron chi connectivity index (χ1n) is 5.43. The third-order valence-corrected chi connectivity index (χ3v) is 5.94. The lowest BCUT2D eigenvalue weighted by atomic mass is 9.31. The van der Waals surface area contributed by atoms with Gasteiger partial charge in [0.15, 0.2) is 0 Å². The van der Waals surface area contributed by atoms with Gasteiger partial charge in [0, 0.05) is 0 Å². The molecule has 0 aliphatic heterocycles. The zero-order chi connectivity index (χ0) is 10.1. The summed E-state index contributed by atoms with van der Waals surface area (Å²) in [6.45, 7) is 11.6. The van der Waals surface area contributed by atoms with Crippen LogP contribution >= 0.6 is 0 Å². The molecular formula is C12H22O. The van der Waals surface area contributed by atoms with Gasteiger partial charge in [0.1, 0.15) is 0 Å². The van der Waals surface area contributed by atoms with Gasteiger partial charge in [-0.05, 0) is 35.0 Å². The maximum atomic E-state index is 9.94. The summed E-state index contributed by atoms with van der Waals surface area (Å²) in [7, 11) is 0. The number of fused-ring (bicyclic) bond motifs is 2. The van der Waals surface area contributed by atoms with Crippen LogP contribution in [0.1, 0.15) is 47.5 Å². The quantitative estimate of drug-likeness (QED) is 0.611. The molecule has 76 valence electrons. The van der Waals surface area contributed by atoms with Crippen molar-refractivity contribution in [1.82, 2.24) is 0 Å². The van der Waals surface area contributed by atoms with Gasteiger partial charge in [0.05, 0.1) is 6.10 Å². The number of hydrogen-bond acceptors (Lipinski definition) is 1. The van der Waals surface area contributed by atoms with Gasteiger partial charge in [-0.3, -0.25) is 0 Å². The number of hydrogen-bond donors (Lipinski definition) is 1. The Morgan fingerprint density at radius 3 is 2.15 bits per heavy atom. The summed E-state index contributed by atoms with van der Waals surface area (Å²) in [4.78, 5) is 0. The van der Waals surface area contributed by atoms with Crippen LogP contribution in [0.4, 0.5) is 0 Å². The fraction of sp³-hybridized carbons (Fsp3) is 1.00. The van der Waals surface area contributed by atoms with Crippen LogP contribution in [0.5, 0.6) is 0 Å². The van der Waals surface area contributed by atoms with E-state index < -0.39 is 0 Å². The second-order valence-corrected chi connectivity index (χ2v) is 6.34. The molecule has 13 heavy (non-hydrogen) atoms. The molecule has 1 heteroatoms. The molecule has 3 fully saturated rings. The Morgan fingerprint density at radius 1 is 1.15 bits per heavy atom. The van der Waals surface area contributed by atoms with Gasteiger partial charge in [-0.25, -0.2) is 0 Å². The van der Waals surface area contributed by atoms with E-state index in [0.29, 0.717) is 22.2 Å². The van der Waals surface area contributed by atoms with E-state index >= 15 is 0 Å². The van der Waals surface area contributed by atoms with E-state index in [4.69, 9.17) is 0 Å². The Bertz CT molecular complexity index is 242. The molecule has 0 spiro atoms. The van der Waals surface area contributed by atoms with Gasteiger partial charge in [-0.1, -0.05) is 34.6 Å². The van der Waals surface area contributed by atoms with Crippen molar-refractivity contribution >= 4 is 0 Å². The highest BCUT2D eigenvalue weighted by molar-refractivity contribution is 5.18. The van der Waals surface area contributed by atoms with E-state index in [1.807, 2.05) is 0 Å². The molecule has 0 aromatic carbocycles. The second-order valence-electron chi connectivity index (χ2n) is 6.34. The highest BCUT2D eigenvalue weighted by atomic mass is 16.3. The second kappa shape index (κ2) is 2.13. The predicted octanol–water partition coefficient (Wildman–Crippen LogP) is 2.83. The topological polar surface area (TPSA) is 20.2 Å². The molecule has 2 bridgehead atoms.